The number of aryl methyl sites for hydroxylation is 1. The van der Waals surface area contributed by atoms with Gasteiger partial charge in [-0.15, -0.1) is 0 Å². The second kappa shape index (κ2) is 5.35. The molecule has 5 nitrogen and oxygen atoms in total. The van der Waals surface area contributed by atoms with E-state index in [-0.39, 0.29) is 5.75 Å². The van der Waals surface area contributed by atoms with Crippen LogP contribution in [0, 0.1) is 6.92 Å². The van der Waals surface area contributed by atoms with Crippen molar-refractivity contribution in [3.05, 3.63) is 48.3 Å². The zero-order valence-electron chi connectivity index (χ0n) is 11.1. The number of rotatable bonds is 4. The van der Waals surface area contributed by atoms with E-state index in [2.05, 4.69) is 20.1 Å². The molecule has 0 amide bonds. The first kappa shape index (κ1) is 13.3. The third-order valence-electron chi connectivity index (χ3n) is 2.83. The highest BCUT2D eigenvalue weighted by Gasteiger charge is 2.06. The fourth-order valence-corrected chi connectivity index (χ4v) is 1.97. The monoisotopic (exact) mass is 290 g/mol. The molecule has 2 heterocycles. The fraction of sp³-hybridized carbons (Fsp3) is 0.143. The number of nitrogens with zero attached hydrogens (tertiary/aromatic N) is 3. The molecule has 7 heteroatoms. The van der Waals surface area contributed by atoms with Gasteiger partial charge in [-0.3, -0.25) is 0 Å². The molecule has 0 aliphatic carbocycles. The number of anilines is 2. The minimum Gasteiger partial charge on any atom is -0.435 e. The van der Waals surface area contributed by atoms with Gasteiger partial charge in [0.15, 0.2) is 5.65 Å². The largest absolute Gasteiger partial charge is 0.435 e. The van der Waals surface area contributed by atoms with Gasteiger partial charge in [0.05, 0.1) is 5.69 Å². The molecular formula is C14H12F2N4O. The van der Waals surface area contributed by atoms with Crippen LogP contribution >= 0.6 is 0 Å². The Bertz CT molecular complexity index is 755. The second-order valence-corrected chi connectivity index (χ2v) is 4.41. The molecule has 0 bridgehead atoms. The van der Waals surface area contributed by atoms with Crippen molar-refractivity contribution in [1.82, 2.24) is 14.6 Å². The van der Waals surface area contributed by atoms with Crippen molar-refractivity contribution in [3.63, 3.8) is 0 Å². The van der Waals surface area contributed by atoms with E-state index >= 15 is 0 Å². The average molecular weight is 290 g/mol. The van der Waals surface area contributed by atoms with Crippen molar-refractivity contribution in [2.24, 2.45) is 0 Å². The van der Waals surface area contributed by atoms with E-state index in [0.29, 0.717) is 0 Å². The van der Waals surface area contributed by atoms with E-state index in [0.717, 1.165) is 22.8 Å². The summed E-state index contributed by atoms with van der Waals surface area (Å²) in [5.74, 6) is 0.848. The molecule has 0 saturated carbocycles. The molecule has 0 spiro atoms. The lowest BCUT2D eigenvalue weighted by atomic mass is 10.3. The average Bonchev–Trinajstić information content (AvgIpc) is 2.82. The summed E-state index contributed by atoms with van der Waals surface area (Å²) in [7, 11) is 0. The number of hydrogen-bond donors (Lipinski definition) is 1. The Hall–Kier alpha value is -2.70. The lowest BCUT2D eigenvalue weighted by molar-refractivity contribution is -0.0498. The fourth-order valence-electron chi connectivity index (χ4n) is 1.97. The molecule has 1 aromatic carbocycles. The Morgan fingerprint density at radius 3 is 2.67 bits per heavy atom. The summed E-state index contributed by atoms with van der Waals surface area (Å²) in [6.07, 6.45) is 1.67. The molecule has 0 unspecified atom stereocenters. The van der Waals surface area contributed by atoms with Gasteiger partial charge in [0.1, 0.15) is 11.6 Å². The molecular weight excluding hydrogens is 278 g/mol. The summed E-state index contributed by atoms with van der Waals surface area (Å²) < 4.78 is 30.2. The minimum atomic E-state index is -2.82. The predicted molar refractivity (Wildman–Crippen MR) is 74.1 cm³/mol. The smallest absolute Gasteiger partial charge is 0.387 e. The molecule has 0 saturated heterocycles. The van der Waals surface area contributed by atoms with Crippen molar-refractivity contribution in [3.8, 4) is 5.75 Å². The van der Waals surface area contributed by atoms with Gasteiger partial charge in [-0.1, -0.05) is 0 Å². The third kappa shape index (κ3) is 2.91. The van der Waals surface area contributed by atoms with Crippen LogP contribution in [-0.4, -0.2) is 21.2 Å². The molecule has 0 aliphatic rings. The van der Waals surface area contributed by atoms with Gasteiger partial charge in [-0.2, -0.15) is 18.4 Å². The molecule has 3 aromatic rings. The maximum atomic E-state index is 12.1. The Labute approximate surface area is 119 Å². The van der Waals surface area contributed by atoms with E-state index in [9.17, 15) is 8.78 Å². The summed E-state index contributed by atoms with van der Waals surface area (Å²) in [6.45, 7) is -0.940. The number of halogens is 2. The number of hydrogen-bond acceptors (Lipinski definition) is 4. The minimum absolute atomic E-state index is 0.116. The van der Waals surface area contributed by atoms with E-state index in [1.165, 1.54) is 12.1 Å². The van der Waals surface area contributed by atoms with Crippen LogP contribution in [0.1, 0.15) is 5.69 Å². The summed E-state index contributed by atoms with van der Waals surface area (Å²) in [5, 5.41) is 7.49. The topological polar surface area (TPSA) is 51.5 Å². The molecule has 0 fully saturated rings. The van der Waals surface area contributed by atoms with E-state index < -0.39 is 6.61 Å². The number of ether oxygens (including phenoxy) is 1. The highest BCUT2D eigenvalue weighted by molar-refractivity contribution is 5.59. The van der Waals surface area contributed by atoms with Crippen LogP contribution in [0.4, 0.5) is 20.3 Å². The molecule has 2 aromatic heterocycles. The zero-order valence-corrected chi connectivity index (χ0v) is 11.1. The number of benzene rings is 1. The standard InChI is InChI=1S/C14H12F2N4O/c1-9-8-13-17-7-6-12(20(13)19-9)18-10-2-4-11(5-3-10)21-14(15)16/h2-8,14,18H,1H3. The molecule has 21 heavy (non-hydrogen) atoms. The van der Waals surface area contributed by atoms with Crippen LogP contribution in [0.5, 0.6) is 5.75 Å². The van der Waals surface area contributed by atoms with Crippen LogP contribution in [0.15, 0.2) is 42.6 Å². The van der Waals surface area contributed by atoms with Crippen LogP contribution in [0.2, 0.25) is 0 Å². The van der Waals surface area contributed by atoms with E-state index in [1.54, 1.807) is 28.9 Å². The van der Waals surface area contributed by atoms with E-state index in [4.69, 9.17) is 0 Å². The molecule has 3 rings (SSSR count). The summed E-state index contributed by atoms with van der Waals surface area (Å²) in [6, 6.07) is 9.90. The van der Waals surface area contributed by atoms with E-state index in [1.807, 2.05) is 13.0 Å². The van der Waals surface area contributed by atoms with Crippen molar-refractivity contribution >= 4 is 17.2 Å². The summed E-state index contributed by atoms with van der Waals surface area (Å²) in [5.41, 5.74) is 2.32. The van der Waals surface area contributed by atoms with Gasteiger partial charge in [-0.05, 0) is 37.3 Å². The number of nitrogens with one attached hydrogen (secondary N) is 1. The van der Waals surface area contributed by atoms with Crippen molar-refractivity contribution in [1.29, 1.82) is 0 Å². The third-order valence-corrected chi connectivity index (χ3v) is 2.83. The van der Waals surface area contributed by atoms with Crippen LogP contribution in [0.3, 0.4) is 0 Å². The normalized spacial score (nSPS) is 11.0. The number of alkyl halides is 2. The van der Waals surface area contributed by atoms with Gasteiger partial charge in [-0.25, -0.2) is 4.98 Å². The zero-order chi connectivity index (χ0) is 14.8. The van der Waals surface area contributed by atoms with Gasteiger partial charge in [0.2, 0.25) is 0 Å². The molecule has 0 radical (unpaired) electrons. The van der Waals surface area contributed by atoms with Crippen molar-refractivity contribution in [2.45, 2.75) is 13.5 Å². The lowest BCUT2D eigenvalue weighted by Gasteiger charge is -2.09. The van der Waals surface area contributed by atoms with Gasteiger partial charge in [0, 0.05) is 18.0 Å². The van der Waals surface area contributed by atoms with Crippen molar-refractivity contribution in [2.75, 3.05) is 5.32 Å². The molecule has 0 aliphatic heterocycles. The Balaban J connectivity index is 1.85. The first-order valence-electron chi connectivity index (χ1n) is 6.25. The molecule has 1 N–H and O–H groups in total. The van der Waals surface area contributed by atoms with Crippen LogP contribution in [0.25, 0.3) is 5.65 Å². The first-order valence-corrected chi connectivity index (χ1v) is 6.25. The number of aromatic nitrogens is 3. The van der Waals surface area contributed by atoms with Gasteiger partial charge in [0.25, 0.3) is 0 Å². The predicted octanol–water partition coefficient (Wildman–Crippen LogP) is 3.38. The highest BCUT2D eigenvalue weighted by atomic mass is 19.3. The van der Waals surface area contributed by atoms with Crippen LogP contribution in [-0.2, 0) is 0 Å². The van der Waals surface area contributed by atoms with Crippen LogP contribution < -0.4 is 10.1 Å². The van der Waals surface area contributed by atoms with Gasteiger partial charge >= 0.3 is 6.61 Å². The first-order chi connectivity index (χ1) is 10.1. The Morgan fingerprint density at radius 2 is 1.95 bits per heavy atom. The maximum Gasteiger partial charge on any atom is 0.387 e. The second-order valence-electron chi connectivity index (χ2n) is 4.41. The number of fused-ring (bicyclic) bond motifs is 1. The Kier molecular flexibility index (Phi) is 3.39. The van der Waals surface area contributed by atoms with Gasteiger partial charge < -0.3 is 10.1 Å². The summed E-state index contributed by atoms with van der Waals surface area (Å²) >= 11 is 0. The van der Waals surface area contributed by atoms with Crippen molar-refractivity contribution < 1.29 is 13.5 Å². The SMILES string of the molecule is Cc1cc2nccc(Nc3ccc(OC(F)F)cc3)n2n1. The summed E-state index contributed by atoms with van der Waals surface area (Å²) in [4.78, 5) is 4.21. The quantitative estimate of drug-likeness (QED) is 0.800. The highest BCUT2D eigenvalue weighted by Crippen LogP contribution is 2.21. The maximum absolute atomic E-state index is 12.1. The Morgan fingerprint density at radius 1 is 1.19 bits per heavy atom. The molecule has 0 atom stereocenters. The molecule has 108 valence electrons. The lowest BCUT2D eigenvalue weighted by Crippen LogP contribution is -2.02.